The van der Waals surface area contributed by atoms with E-state index in [2.05, 4.69) is 26.1 Å². The van der Waals surface area contributed by atoms with Crippen molar-refractivity contribution in [3.63, 3.8) is 0 Å². The molecule has 1 N–H and O–H groups in total. The number of hydrogen-bond donors (Lipinski definition) is 1. The molecule has 0 aromatic heterocycles. The van der Waals surface area contributed by atoms with Gasteiger partial charge in [-0.3, -0.25) is 0 Å². The molecule has 0 aromatic rings. The van der Waals surface area contributed by atoms with E-state index in [1.165, 1.54) is 12.8 Å². The lowest BCUT2D eigenvalue weighted by Crippen LogP contribution is -2.16. The molecule has 0 aliphatic rings. The molecule has 0 amide bonds. The Bertz CT molecular complexity index is 140. The van der Waals surface area contributed by atoms with Gasteiger partial charge in [-0.25, -0.2) is 0 Å². The number of hydrogen-bond acceptors (Lipinski definition) is 3. The highest BCUT2D eigenvalue weighted by Crippen LogP contribution is 2.03. The minimum absolute atomic E-state index is 0.790. The van der Waals surface area contributed by atoms with Gasteiger partial charge in [-0.2, -0.15) is 0 Å². The zero-order valence-electron chi connectivity index (χ0n) is 12.0. The van der Waals surface area contributed by atoms with E-state index in [0.717, 1.165) is 58.3 Å². The molecule has 0 heterocycles. The molecule has 0 aliphatic carbocycles. The molecule has 3 heteroatoms. The first-order valence-corrected chi connectivity index (χ1v) is 7.13. The summed E-state index contributed by atoms with van der Waals surface area (Å²) in [6.07, 6.45) is 4.56. The van der Waals surface area contributed by atoms with Gasteiger partial charge in [-0.1, -0.05) is 20.8 Å². The van der Waals surface area contributed by atoms with E-state index in [0.29, 0.717) is 0 Å². The van der Waals surface area contributed by atoms with Crippen LogP contribution < -0.4 is 5.32 Å². The first kappa shape index (κ1) is 16.9. The van der Waals surface area contributed by atoms with Crippen molar-refractivity contribution in [1.29, 1.82) is 0 Å². The van der Waals surface area contributed by atoms with Crippen LogP contribution >= 0.6 is 0 Å². The van der Waals surface area contributed by atoms with Gasteiger partial charge in [0.05, 0.1) is 0 Å². The summed E-state index contributed by atoms with van der Waals surface area (Å²) in [4.78, 5) is 0. The van der Waals surface area contributed by atoms with E-state index in [1.807, 2.05) is 0 Å². The summed E-state index contributed by atoms with van der Waals surface area (Å²) in [6, 6.07) is 0. The van der Waals surface area contributed by atoms with Gasteiger partial charge < -0.3 is 14.8 Å². The van der Waals surface area contributed by atoms with E-state index >= 15 is 0 Å². The molecule has 0 saturated carbocycles. The molecule has 0 bridgehead atoms. The molecule has 0 aliphatic heterocycles. The summed E-state index contributed by atoms with van der Waals surface area (Å²) in [5, 5.41) is 3.28. The Balaban J connectivity index is 2.89. The van der Waals surface area contributed by atoms with Crippen molar-refractivity contribution in [2.75, 3.05) is 39.5 Å². The molecule has 0 rings (SSSR count). The highest BCUT2D eigenvalue weighted by atomic mass is 16.5. The maximum atomic E-state index is 5.54. The molecule has 0 spiro atoms. The third-order valence-corrected chi connectivity index (χ3v) is 2.54. The highest BCUT2D eigenvalue weighted by molar-refractivity contribution is 4.45. The smallest absolute Gasteiger partial charge is 0.0487 e. The molecular weight excluding hydrogens is 214 g/mol. The topological polar surface area (TPSA) is 30.5 Å². The molecule has 0 atom stereocenters. The van der Waals surface area contributed by atoms with Crippen molar-refractivity contribution >= 4 is 0 Å². The van der Waals surface area contributed by atoms with E-state index in [9.17, 15) is 0 Å². The molecule has 0 aromatic carbocycles. The molecule has 3 nitrogen and oxygen atoms in total. The van der Waals surface area contributed by atoms with Crippen LogP contribution in [0.3, 0.4) is 0 Å². The molecule has 0 saturated heterocycles. The minimum Gasteiger partial charge on any atom is -0.381 e. The van der Waals surface area contributed by atoms with Gasteiger partial charge in [0.2, 0.25) is 0 Å². The highest BCUT2D eigenvalue weighted by Gasteiger charge is 1.94. The molecule has 17 heavy (non-hydrogen) atoms. The molecule has 0 fully saturated rings. The van der Waals surface area contributed by atoms with Gasteiger partial charge in [-0.05, 0) is 44.7 Å². The van der Waals surface area contributed by atoms with Crippen molar-refractivity contribution in [1.82, 2.24) is 5.32 Å². The van der Waals surface area contributed by atoms with E-state index in [-0.39, 0.29) is 0 Å². The number of rotatable bonds is 13. The van der Waals surface area contributed by atoms with Gasteiger partial charge in [-0.15, -0.1) is 0 Å². The lowest BCUT2D eigenvalue weighted by Gasteiger charge is -2.07. The summed E-state index contributed by atoms with van der Waals surface area (Å²) in [7, 11) is 0. The van der Waals surface area contributed by atoms with Crippen LogP contribution in [-0.2, 0) is 9.47 Å². The van der Waals surface area contributed by atoms with Crippen LogP contribution in [0.1, 0.15) is 46.5 Å². The zero-order valence-corrected chi connectivity index (χ0v) is 12.0. The Morgan fingerprint density at radius 1 is 0.882 bits per heavy atom. The maximum Gasteiger partial charge on any atom is 0.0487 e. The monoisotopic (exact) mass is 245 g/mol. The predicted molar refractivity (Wildman–Crippen MR) is 73.5 cm³/mol. The fraction of sp³-hybridized carbons (Fsp3) is 1.00. The fourth-order valence-electron chi connectivity index (χ4n) is 1.54. The van der Waals surface area contributed by atoms with Crippen LogP contribution in [0.5, 0.6) is 0 Å². The van der Waals surface area contributed by atoms with Crippen LogP contribution in [-0.4, -0.2) is 39.5 Å². The molecule has 104 valence electrons. The summed E-state index contributed by atoms with van der Waals surface area (Å²) < 4.78 is 11.0. The van der Waals surface area contributed by atoms with Gasteiger partial charge in [0.25, 0.3) is 0 Å². The summed E-state index contributed by atoms with van der Waals surface area (Å²) >= 11 is 0. The van der Waals surface area contributed by atoms with Crippen LogP contribution in [0.25, 0.3) is 0 Å². The fourth-order valence-corrected chi connectivity index (χ4v) is 1.54. The second-order valence-corrected chi connectivity index (χ2v) is 4.82. The van der Waals surface area contributed by atoms with E-state index in [4.69, 9.17) is 9.47 Å². The first-order chi connectivity index (χ1) is 8.27. The second kappa shape index (κ2) is 13.9. The number of nitrogens with one attached hydrogen (secondary N) is 1. The largest absolute Gasteiger partial charge is 0.381 e. The van der Waals surface area contributed by atoms with E-state index in [1.54, 1.807) is 0 Å². The van der Waals surface area contributed by atoms with Gasteiger partial charge in [0.1, 0.15) is 0 Å². The maximum absolute atomic E-state index is 5.54. The van der Waals surface area contributed by atoms with Gasteiger partial charge in [0.15, 0.2) is 0 Å². The van der Waals surface area contributed by atoms with Crippen molar-refractivity contribution in [2.24, 2.45) is 5.92 Å². The lowest BCUT2D eigenvalue weighted by atomic mass is 10.1. The Morgan fingerprint density at radius 3 is 2.06 bits per heavy atom. The first-order valence-electron chi connectivity index (χ1n) is 7.13. The van der Waals surface area contributed by atoms with Gasteiger partial charge in [0, 0.05) is 26.4 Å². The van der Waals surface area contributed by atoms with Gasteiger partial charge >= 0.3 is 0 Å². The van der Waals surface area contributed by atoms with E-state index < -0.39 is 0 Å². The summed E-state index contributed by atoms with van der Waals surface area (Å²) in [5.74, 6) is 0.790. The standard InChI is InChI=1S/C14H31NO2/c1-4-15-9-6-11-17-13-7-12-16-10-5-8-14(2)3/h14-15H,4-13H2,1-3H3. The minimum atomic E-state index is 0.790. The lowest BCUT2D eigenvalue weighted by molar-refractivity contribution is 0.0795. The van der Waals surface area contributed by atoms with Crippen LogP contribution in [0.4, 0.5) is 0 Å². The normalized spacial score (nSPS) is 11.3. The Labute approximate surface area is 107 Å². The predicted octanol–water partition coefficient (Wildman–Crippen LogP) is 2.85. The van der Waals surface area contributed by atoms with Crippen LogP contribution in [0.2, 0.25) is 0 Å². The van der Waals surface area contributed by atoms with Crippen molar-refractivity contribution in [3.8, 4) is 0 Å². The third kappa shape index (κ3) is 15.9. The third-order valence-electron chi connectivity index (χ3n) is 2.54. The molecular formula is C14H31NO2. The van der Waals surface area contributed by atoms with Crippen molar-refractivity contribution in [3.05, 3.63) is 0 Å². The Hall–Kier alpha value is -0.120. The van der Waals surface area contributed by atoms with Crippen LogP contribution in [0, 0.1) is 5.92 Å². The Morgan fingerprint density at radius 2 is 1.47 bits per heavy atom. The SMILES string of the molecule is CCNCCCOCCCOCCCC(C)C. The summed E-state index contributed by atoms with van der Waals surface area (Å²) in [6.45, 7) is 12.2. The molecule has 0 radical (unpaired) electrons. The average molecular weight is 245 g/mol. The number of ether oxygens (including phenoxy) is 2. The zero-order chi connectivity index (χ0) is 12.8. The van der Waals surface area contributed by atoms with Crippen LogP contribution in [0.15, 0.2) is 0 Å². The second-order valence-electron chi connectivity index (χ2n) is 4.82. The quantitative estimate of drug-likeness (QED) is 0.506. The van der Waals surface area contributed by atoms with Crippen molar-refractivity contribution < 1.29 is 9.47 Å². The average Bonchev–Trinajstić information content (AvgIpc) is 2.30. The summed E-state index contributed by atoms with van der Waals surface area (Å²) in [5.41, 5.74) is 0. The molecule has 0 unspecified atom stereocenters. The Kier molecular flexibility index (Phi) is 13.8. The van der Waals surface area contributed by atoms with Crippen molar-refractivity contribution in [2.45, 2.75) is 46.5 Å².